The van der Waals surface area contributed by atoms with Crippen LogP contribution in [-0.2, 0) is 4.79 Å². The Morgan fingerprint density at radius 3 is 1.63 bits per heavy atom. The molecule has 1 heterocycles. The Labute approximate surface area is 264 Å². The Kier molecular flexibility index (Phi) is 18.4. The summed E-state index contributed by atoms with van der Waals surface area (Å²) in [7, 11) is 0. The molecule has 3 rings (SSSR count). The van der Waals surface area contributed by atoms with E-state index in [0.717, 1.165) is 32.5 Å². The largest absolute Gasteiger partial charge is 0.346 e. The minimum atomic E-state index is -0.0958. The van der Waals surface area contributed by atoms with Gasteiger partial charge >= 0.3 is 0 Å². The number of carbonyl (C=O) groups is 1. The summed E-state index contributed by atoms with van der Waals surface area (Å²) in [4.78, 5) is 16.3. The van der Waals surface area contributed by atoms with Gasteiger partial charge < -0.3 is 10.6 Å². The van der Waals surface area contributed by atoms with Crippen molar-refractivity contribution in [2.75, 3.05) is 19.6 Å². The number of hydrogen-bond donors (Lipinski definition) is 2. The van der Waals surface area contributed by atoms with Crippen molar-refractivity contribution in [3.63, 3.8) is 0 Å². The van der Waals surface area contributed by atoms with Crippen LogP contribution in [-0.4, -0.2) is 36.5 Å². The molecule has 4 heteroatoms. The summed E-state index contributed by atoms with van der Waals surface area (Å²) in [5.74, 6) is 0.145. The van der Waals surface area contributed by atoms with Gasteiger partial charge in [0.25, 0.3) is 0 Å². The Morgan fingerprint density at radius 1 is 0.698 bits per heavy atom. The van der Waals surface area contributed by atoms with Gasteiger partial charge in [-0.2, -0.15) is 0 Å². The monoisotopic (exact) mass is 589 g/mol. The van der Waals surface area contributed by atoms with Crippen LogP contribution in [0.3, 0.4) is 0 Å². The summed E-state index contributed by atoms with van der Waals surface area (Å²) in [6, 6.07) is 21.6. The summed E-state index contributed by atoms with van der Waals surface area (Å²) < 4.78 is 0. The predicted octanol–water partition coefficient (Wildman–Crippen LogP) is 9.92. The van der Waals surface area contributed by atoms with Gasteiger partial charge in [-0.25, -0.2) is 0 Å². The van der Waals surface area contributed by atoms with Crippen LogP contribution in [0.25, 0.3) is 0 Å². The molecular weight excluding hydrogens is 526 g/mol. The Hall–Kier alpha value is -2.17. The summed E-state index contributed by atoms with van der Waals surface area (Å²) in [5.41, 5.74) is 2.50. The highest BCUT2D eigenvalue weighted by Gasteiger charge is 2.33. The number of benzene rings is 2. The van der Waals surface area contributed by atoms with Gasteiger partial charge in [0.15, 0.2) is 0 Å². The number of rotatable bonds is 24. The average Bonchev–Trinajstić information content (AvgIpc) is 3.59. The quantitative estimate of drug-likeness (QED) is 0.120. The highest BCUT2D eigenvalue weighted by atomic mass is 16.2. The van der Waals surface area contributed by atoms with Crippen LogP contribution in [0, 0.1) is 0 Å². The van der Waals surface area contributed by atoms with E-state index >= 15 is 0 Å². The predicted molar refractivity (Wildman–Crippen MR) is 184 cm³/mol. The van der Waals surface area contributed by atoms with E-state index in [0.29, 0.717) is 0 Å². The third-order valence-corrected chi connectivity index (χ3v) is 9.28. The molecule has 1 fully saturated rings. The van der Waals surface area contributed by atoms with Crippen molar-refractivity contribution in [1.82, 2.24) is 15.5 Å². The molecule has 0 unspecified atom stereocenters. The van der Waals surface area contributed by atoms with Gasteiger partial charge in [-0.05, 0) is 56.4 Å². The highest BCUT2D eigenvalue weighted by Crippen LogP contribution is 2.35. The van der Waals surface area contributed by atoms with E-state index < -0.39 is 0 Å². The number of hydrogen-bond acceptors (Lipinski definition) is 3. The molecule has 0 saturated carbocycles. The molecule has 43 heavy (non-hydrogen) atoms. The summed E-state index contributed by atoms with van der Waals surface area (Å²) >= 11 is 0. The van der Waals surface area contributed by atoms with Gasteiger partial charge in [-0.1, -0.05) is 164 Å². The Morgan fingerprint density at radius 2 is 1.16 bits per heavy atom. The molecule has 1 aliphatic heterocycles. The normalized spacial score (nSPS) is 16.4. The van der Waals surface area contributed by atoms with E-state index in [2.05, 4.69) is 90.0 Å². The lowest BCUT2D eigenvalue weighted by Crippen LogP contribution is -2.47. The van der Waals surface area contributed by atoms with Crippen LogP contribution in [0.4, 0.5) is 0 Å². The SMILES string of the molecule is CCCCCCCCCCN(CCCCCCCCCC)[C@H](c1ccccc1)[C@H](NC(=O)[C@@H]1CCCN1)c1ccccc1. The second kappa shape index (κ2) is 22.4. The maximum absolute atomic E-state index is 13.6. The molecule has 0 spiro atoms. The summed E-state index contributed by atoms with van der Waals surface area (Å²) in [6.07, 6.45) is 23.2. The molecule has 0 aromatic heterocycles. The lowest BCUT2D eigenvalue weighted by molar-refractivity contribution is -0.124. The summed E-state index contributed by atoms with van der Waals surface area (Å²) in [6.45, 7) is 7.66. The number of nitrogens with one attached hydrogen (secondary N) is 2. The van der Waals surface area contributed by atoms with Crippen molar-refractivity contribution in [2.45, 2.75) is 148 Å². The van der Waals surface area contributed by atoms with E-state index in [-0.39, 0.29) is 24.0 Å². The minimum Gasteiger partial charge on any atom is -0.346 e. The minimum absolute atomic E-state index is 0.0866. The van der Waals surface area contributed by atoms with Crippen molar-refractivity contribution in [2.24, 2.45) is 0 Å². The van der Waals surface area contributed by atoms with Gasteiger partial charge in [-0.3, -0.25) is 9.69 Å². The first-order valence-corrected chi connectivity index (χ1v) is 18.1. The van der Waals surface area contributed by atoms with Crippen molar-refractivity contribution in [1.29, 1.82) is 0 Å². The maximum atomic E-state index is 13.6. The van der Waals surface area contributed by atoms with Crippen LogP contribution < -0.4 is 10.6 Å². The second-order valence-electron chi connectivity index (χ2n) is 12.9. The molecule has 2 aromatic rings. The smallest absolute Gasteiger partial charge is 0.237 e. The van der Waals surface area contributed by atoms with Gasteiger partial charge in [0, 0.05) is 0 Å². The topological polar surface area (TPSA) is 44.4 Å². The number of unbranched alkanes of at least 4 members (excludes halogenated alkanes) is 14. The first-order valence-electron chi connectivity index (χ1n) is 18.1. The van der Waals surface area contributed by atoms with E-state index in [1.165, 1.54) is 114 Å². The first-order chi connectivity index (χ1) is 21.2. The Bertz CT molecular complexity index is 923. The molecule has 1 amide bonds. The van der Waals surface area contributed by atoms with Crippen LogP contribution in [0.2, 0.25) is 0 Å². The molecule has 0 aliphatic carbocycles. The molecule has 2 N–H and O–H groups in total. The molecule has 3 atom stereocenters. The van der Waals surface area contributed by atoms with E-state index in [1.54, 1.807) is 0 Å². The number of amides is 1. The van der Waals surface area contributed by atoms with Crippen molar-refractivity contribution < 1.29 is 4.79 Å². The Balaban J connectivity index is 1.77. The van der Waals surface area contributed by atoms with Gasteiger partial charge in [0.05, 0.1) is 18.1 Å². The third-order valence-electron chi connectivity index (χ3n) is 9.28. The zero-order valence-electron chi connectivity index (χ0n) is 27.7. The molecule has 4 nitrogen and oxygen atoms in total. The molecule has 240 valence electrons. The lowest BCUT2D eigenvalue weighted by atomic mass is 9.90. The zero-order valence-corrected chi connectivity index (χ0v) is 27.7. The molecule has 0 radical (unpaired) electrons. The van der Waals surface area contributed by atoms with Crippen molar-refractivity contribution >= 4 is 5.91 Å². The standard InChI is InChI=1S/C39H63N3O/c1-3-5-7-9-11-13-15-23-32-42(33-24-16-14-12-10-8-6-4-2)38(35-28-21-18-22-29-35)37(34-26-19-17-20-27-34)41-39(43)36-30-25-31-40-36/h17-22,26-29,36-38,40H,3-16,23-25,30-33H2,1-2H3,(H,41,43)/t36-,37+,38+/m0/s1. The van der Waals surface area contributed by atoms with E-state index in [4.69, 9.17) is 0 Å². The molecule has 2 aromatic carbocycles. The third kappa shape index (κ3) is 13.6. The zero-order chi connectivity index (χ0) is 30.4. The highest BCUT2D eigenvalue weighted by molar-refractivity contribution is 5.82. The lowest BCUT2D eigenvalue weighted by Gasteiger charge is -2.39. The van der Waals surface area contributed by atoms with E-state index in [9.17, 15) is 4.79 Å². The van der Waals surface area contributed by atoms with Crippen molar-refractivity contribution in [3.8, 4) is 0 Å². The first kappa shape index (κ1) is 35.3. The summed E-state index contributed by atoms with van der Waals surface area (Å²) in [5, 5.41) is 7.00. The second-order valence-corrected chi connectivity index (χ2v) is 12.9. The fraction of sp³-hybridized carbons (Fsp3) is 0.667. The van der Waals surface area contributed by atoms with Crippen LogP contribution >= 0.6 is 0 Å². The van der Waals surface area contributed by atoms with Gasteiger partial charge in [0.2, 0.25) is 5.91 Å². The van der Waals surface area contributed by atoms with Crippen LogP contribution in [0.5, 0.6) is 0 Å². The maximum Gasteiger partial charge on any atom is 0.237 e. The fourth-order valence-corrected chi connectivity index (χ4v) is 6.72. The molecule has 1 aliphatic rings. The number of carbonyl (C=O) groups excluding carboxylic acids is 1. The molecule has 0 bridgehead atoms. The van der Waals surface area contributed by atoms with Crippen molar-refractivity contribution in [3.05, 3.63) is 71.8 Å². The van der Waals surface area contributed by atoms with Crippen LogP contribution in [0.15, 0.2) is 60.7 Å². The van der Waals surface area contributed by atoms with Crippen LogP contribution in [0.1, 0.15) is 153 Å². The van der Waals surface area contributed by atoms with E-state index in [1.807, 2.05) is 0 Å². The average molecular weight is 590 g/mol. The number of nitrogens with zero attached hydrogens (tertiary/aromatic N) is 1. The van der Waals surface area contributed by atoms with Gasteiger partial charge in [-0.15, -0.1) is 0 Å². The molecule has 1 saturated heterocycles. The fourth-order valence-electron chi connectivity index (χ4n) is 6.72. The van der Waals surface area contributed by atoms with Gasteiger partial charge in [0.1, 0.15) is 0 Å². The molecular formula is C39H63N3O.